The van der Waals surface area contributed by atoms with Crippen molar-refractivity contribution in [3.05, 3.63) is 58.3 Å². The number of hydrogen-bond acceptors (Lipinski definition) is 1. The predicted molar refractivity (Wildman–Crippen MR) is 72.3 cm³/mol. The second-order valence-corrected chi connectivity index (χ2v) is 4.68. The van der Waals surface area contributed by atoms with Crippen LogP contribution in [0.1, 0.15) is 5.56 Å². The molecule has 3 heteroatoms. The van der Waals surface area contributed by atoms with E-state index in [1.807, 2.05) is 24.3 Å². The van der Waals surface area contributed by atoms with Gasteiger partial charge in [0.15, 0.2) is 0 Å². The van der Waals surface area contributed by atoms with Gasteiger partial charge < -0.3 is 5.73 Å². The van der Waals surface area contributed by atoms with Crippen molar-refractivity contribution < 1.29 is 4.39 Å². The van der Waals surface area contributed by atoms with E-state index in [1.54, 1.807) is 12.1 Å². The van der Waals surface area contributed by atoms with E-state index < -0.39 is 0 Å². The molecule has 2 N–H and O–H groups in total. The zero-order chi connectivity index (χ0) is 12.3. The standard InChI is InChI=1S/C14H13BrFN/c15-13-6-5-10(9-11(13)7-8-17)12-3-1-2-4-14(12)16/h1-6,9H,7-8,17H2. The Morgan fingerprint density at radius 2 is 1.88 bits per heavy atom. The average Bonchev–Trinajstić information content (AvgIpc) is 2.33. The van der Waals surface area contributed by atoms with E-state index >= 15 is 0 Å². The van der Waals surface area contributed by atoms with Gasteiger partial charge in [-0.15, -0.1) is 0 Å². The Morgan fingerprint density at radius 1 is 1.12 bits per heavy atom. The van der Waals surface area contributed by atoms with Crippen molar-refractivity contribution in [3.63, 3.8) is 0 Å². The van der Waals surface area contributed by atoms with Gasteiger partial charge in [-0.1, -0.05) is 40.2 Å². The first-order chi connectivity index (χ1) is 8.22. The van der Waals surface area contributed by atoms with Gasteiger partial charge >= 0.3 is 0 Å². The lowest BCUT2D eigenvalue weighted by Crippen LogP contribution is -2.03. The molecular formula is C14H13BrFN. The van der Waals surface area contributed by atoms with Crippen LogP contribution < -0.4 is 5.73 Å². The summed E-state index contributed by atoms with van der Waals surface area (Å²) in [6, 6.07) is 12.6. The van der Waals surface area contributed by atoms with E-state index in [-0.39, 0.29) is 5.82 Å². The third-order valence-electron chi connectivity index (χ3n) is 2.64. The Balaban J connectivity index is 2.46. The maximum atomic E-state index is 13.7. The first-order valence-electron chi connectivity index (χ1n) is 5.46. The van der Waals surface area contributed by atoms with Crippen LogP contribution in [0.2, 0.25) is 0 Å². The summed E-state index contributed by atoms with van der Waals surface area (Å²) >= 11 is 3.47. The molecule has 0 fully saturated rings. The molecule has 0 aliphatic heterocycles. The summed E-state index contributed by atoms with van der Waals surface area (Å²) in [6.45, 7) is 0.583. The molecule has 2 aromatic carbocycles. The van der Waals surface area contributed by atoms with Crippen molar-refractivity contribution >= 4 is 15.9 Å². The molecule has 2 rings (SSSR count). The monoisotopic (exact) mass is 293 g/mol. The second-order valence-electron chi connectivity index (χ2n) is 3.82. The summed E-state index contributed by atoms with van der Waals surface area (Å²) < 4.78 is 14.7. The van der Waals surface area contributed by atoms with Crippen LogP contribution in [0.4, 0.5) is 4.39 Å². The lowest BCUT2D eigenvalue weighted by atomic mass is 10.0. The highest BCUT2D eigenvalue weighted by Crippen LogP contribution is 2.27. The van der Waals surface area contributed by atoms with Gasteiger partial charge in [0.05, 0.1) is 0 Å². The molecular weight excluding hydrogens is 281 g/mol. The van der Waals surface area contributed by atoms with E-state index in [0.717, 1.165) is 22.0 Å². The number of nitrogens with two attached hydrogens (primary N) is 1. The fraction of sp³-hybridized carbons (Fsp3) is 0.143. The molecule has 0 unspecified atom stereocenters. The summed E-state index contributed by atoms with van der Waals surface area (Å²) in [7, 11) is 0. The number of benzene rings is 2. The zero-order valence-corrected chi connectivity index (χ0v) is 10.9. The SMILES string of the molecule is NCCc1cc(-c2ccccc2F)ccc1Br. The fourth-order valence-corrected chi connectivity index (χ4v) is 2.23. The van der Waals surface area contributed by atoms with E-state index in [0.29, 0.717) is 12.1 Å². The van der Waals surface area contributed by atoms with Crippen molar-refractivity contribution in [2.45, 2.75) is 6.42 Å². The maximum Gasteiger partial charge on any atom is 0.131 e. The Bertz CT molecular complexity index is 525. The third-order valence-corrected chi connectivity index (χ3v) is 3.42. The normalized spacial score (nSPS) is 10.5. The Morgan fingerprint density at radius 3 is 2.59 bits per heavy atom. The van der Waals surface area contributed by atoms with Crippen molar-refractivity contribution in [2.24, 2.45) is 5.73 Å². The molecule has 0 aromatic heterocycles. The van der Waals surface area contributed by atoms with Gasteiger partial charge in [-0.25, -0.2) is 4.39 Å². The van der Waals surface area contributed by atoms with Crippen LogP contribution in [0.25, 0.3) is 11.1 Å². The topological polar surface area (TPSA) is 26.0 Å². The van der Waals surface area contributed by atoms with E-state index in [9.17, 15) is 4.39 Å². The number of halogens is 2. The largest absolute Gasteiger partial charge is 0.330 e. The highest BCUT2D eigenvalue weighted by Gasteiger charge is 2.06. The molecule has 0 saturated heterocycles. The smallest absolute Gasteiger partial charge is 0.131 e. The Kier molecular flexibility index (Phi) is 3.92. The van der Waals surface area contributed by atoms with Crippen molar-refractivity contribution in [2.75, 3.05) is 6.54 Å². The van der Waals surface area contributed by atoms with Crippen LogP contribution in [0.3, 0.4) is 0 Å². The van der Waals surface area contributed by atoms with Crippen molar-refractivity contribution in [3.8, 4) is 11.1 Å². The molecule has 0 aliphatic rings. The van der Waals surface area contributed by atoms with E-state index in [4.69, 9.17) is 5.73 Å². The third kappa shape index (κ3) is 2.73. The minimum atomic E-state index is -0.200. The maximum absolute atomic E-state index is 13.7. The molecule has 1 nitrogen and oxygen atoms in total. The van der Waals surface area contributed by atoms with Gasteiger partial charge in [0.2, 0.25) is 0 Å². The zero-order valence-electron chi connectivity index (χ0n) is 9.29. The summed E-state index contributed by atoms with van der Waals surface area (Å²) in [5, 5.41) is 0. The lowest BCUT2D eigenvalue weighted by Gasteiger charge is -2.08. The number of hydrogen-bond donors (Lipinski definition) is 1. The second kappa shape index (κ2) is 5.43. The quantitative estimate of drug-likeness (QED) is 0.916. The predicted octanol–water partition coefficient (Wildman–Crippen LogP) is 3.76. The van der Waals surface area contributed by atoms with Crippen LogP contribution in [0.5, 0.6) is 0 Å². The van der Waals surface area contributed by atoms with E-state index in [1.165, 1.54) is 6.07 Å². The summed E-state index contributed by atoms with van der Waals surface area (Å²) in [6.07, 6.45) is 0.781. The van der Waals surface area contributed by atoms with E-state index in [2.05, 4.69) is 15.9 Å². The van der Waals surface area contributed by atoms with Gasteiger partial charge in [0.1, 0.15) is 5.82 Å². The molecule has 0 bridgehead atoms. The molecule has 17 heavy (non-hydrogen) atoms. The average molecular weight is 294 g/mol. The summed E-state index contributed by atoms with van der Waals surface area (Å²) in [5.74, 6) is -0.200. The molecule has 0 radical (unpaired) electrons. The molecule has 2 aromatic rings. The van der Waals surface area contributed by atoms with Crippen LogP contribution in [-0.4, -0.2) is 6.54 Å². The van der Waals surface area contributed by atoms with Crippen LogP contribution in [-0.2, 0) is 6.42 Å². The minimum Gasteiger partial charge on any atom is -0.330 e. The van der Waals surface area contributed by atoms with Gasteiger partial charge in [0, 0.05) is 10.0 Å². The molecule has 0 aliphatic carbocycles. The summed E-state index contributed by atoms with van der Waals surface area (Å²) in [5.41, 5.74) is 8.17. The molecule has 0 saturated carbocycles. The fourth-order valence-electron chi connectivity index (χ4n) is 1.78. The van der Waals surface area contributed by atoms with Crippen LogP contribution >= 0.6 is 15.9 Å². The molecule has 0 heterocycles. The highest BCUT2D eigenvalue weighted by atomic mass is 79.9. The van der Waals surface area contributed by atoms with Gasteiger partial charge in [-0.05, 0) is 42.3 Å². The van der Waals surface area contributed by atoms with Crippen molar-refractivity contribution in [1.29, 1.82) is 0 Å². The van der Waals surface area contributed by atoms with Gasteiger partial charge in [-0.2, -0.15) is 0 Å². The molecule has 88 valence electrons. The summed E-state index contributed by atoms with van der Waals surface area (Å²) in [4.78, 5) is 0. The molecule has 0 atom stereocenters. The van der Waals surface area contributed by atoms with Crippen LogP contribution in [0.15, 0.2) is 46.9 Å². The highest BCUT2D eigenvalue weighted by molar-refractivity contribution is 9.10. The first kappa shape index (κ1) is 12.3. The van der Waals surface area contributed by atoms with Crippen LogP contribution in [0, 0.1) is 5.82 Å². The Labute approximate surface area is 109 Å². The Hall–Kier alpha value is -1.19. The number of rotatable bonds is 3. The van der Waals surface area contributed by atoms with Crippen molar-refractivity contribution in [1.82, 2.24) is 0 Å². The molecule has 0 spiro atoms. The first-order valence-corrected chi connectivity index (χ1v) is 6.25. The minimum absolute atomic E-state index is 0.200. The van der Waals surface area contributed by atoms with Gasteiger partial charge in [-0.3, -0.25) is 0 Å². The lowest BCUT2D eigenvalue weighted by molar-refractivity contribution is 0.631. The van der Waals surface area contributed by atoms with Gasteiger partial charge in [0.25, 0.3) is 0 Å². The molecule has 0 amide bonds.